The number of hydrogen-bond acceptors (Lipinski definition) is 4. The largest absolute Gasteiger partial charge is 0.493 e. The van der Waals surface area contributed by atoms with Crippen molar-refractivity contribution in [2.45, 2.75) is 18.9 Å². The topological polar surface area (TPSA) is 48.0 Å². The third kappa shape index (κ3) is 5.19. The van der Waals surface area contributed by atoms with Crippen LogP contribution < -0.4 is 14.2 Å². The van der Waals surface area contributed by atoms with Gasteiger partial charge < -0.3 is 19.1 Å². The van der Waals surface area contributed by atoms with E-state index >= 15 is 0 Å². The summed E-state index contributed by atoms with van der Waals surface area (Å²) >= 11 is 0. The summed E-state index contributed by atoms with van der Waals surface area (Å²) in [6, 6.07) is 19.4. The van der Waals surface area contributed by atoms with Gasteiger partial charge in [0, 0.05) is 13.5 Å². The molecule has 1 amide bonds. The maximum absolute atomic E-state index is 13.5. The van der Waals surface area contributed by atoms with E-state index in [9.17, 15) is 9.18 Å². The summed E-state index contributed by atoms with van der Waals surface area (Å²) in [4.78, 5) is 14.9. The molecule has 0 bridgehead atoms. The van der Waals surface area contributed by atoms with Crippen LogP contribution in [-0.2, 0) is 11.2 Å². The van der Waals surface area contributed by atoms with Crippen molar-refractivity contribution < 1.29 is 23.4 Å². The van der Waals surface area contributed by atoms with Crippen molar-refractivity contribution in [3.63, 3.8) is 0 Å². The van der Waals surface area contributed by atoms with Crippen molar-refractivity contribution in [3.8, 4) is 17.2 Å². The van der Waals surface area contributed by atoms with E-state index in [1.165, 1.54) is 12.1 Å². The Morgan fingerprint density at radius 3 is 1.97 bits per heavy atom. The smallest absolute Gasteiger partial charge is 0.223 e. The molecule has 3 aromatic rings. The molecule has 0 radical (unpaired) electrons. The zero-order chi connectivity index (χ0) is 23.1. The van der Waals surface area contributed by atoms with E-state index in [-0.39, 0.29) is 17.8 Å². The van der Waals surface area contributed by atoms with Gasteiger partial charge >= 0.3 is 0 Å². The Bertz CT molecular complexity index is 1010. The second-order valence-electron chi connectivity index (χ2n) is 7.40. The van der Waals surface area contributed by atoms with Crippen LogP contribution in [0.25, 0.3) is 0 Å². The van der Waals surface area contributed by atoms with E-state index in [0.717, 1.165) is 16.7 Å². The fraction of sp³-hybridized carbons (Fsp3) is 0.269. The number of carbonyl (C=O) groups is 1. The molecule has 0 saturated carbocycles. The molecule has 0 aliphatic heterocycles. The minimum atomic E-state index is -0.316. The van der Waals surface area contributed by atoms with Crippen molar-refractivity contribution >= 4 is 5.91 Å². The first-order chi connectivity index (χ1) is 15.5. The molecule has 0 spiro atoms. The van der Waals surface area contributed by atoms with Crippen LogP contribution in [0.1, 0.15) is 29.2 Å². The highest BCUT2D eigenvalue weighted by Crippen LogP contribution is 2.38. The average molecular weight is 438 g/mol. The molecule has 3 rings (SSSR count). The van der Waals surface area contributed by atoms with E-state index < -0.39 is 0 Å². The molecule has 3 aromatic carbocycles. The van der Waals surface area contributed by atoms with E-state index in [2.05, 4.69) is 0 Å². The van der Waals surface area contributed by atoms with Crippen molar-refractivity contribution in [1.82, 2.24) is 4.90 Å². The molecule has 0 aromatic heterocycles. The van der Waals surface area contributed by atoms with Crippen LogP contribution in [-0.4, -0.2) is 39.2 Å². The Kier molecular flexibility index (Phi) is 7.71. The van der Waals surface area contributed by atoms with Gasteiger partial charge in [0.2, 0.25) is 11.7 Å². The Balaban J connectivity index is 1.82. The quantitative estimate of drug-likeness (QED) is 0.471. The van der Waals surface area contributed by atoms with Crippen LogP contribution in [0.3, 0.4) is 0 Å². The number of nitrogens with zero attached hydrogens (tertiary/aromatic N) is 1. The number of rotatable bonds is 9. The van der Waals surface area contributed by atoms with E-state index in [4.69, 9.17) is 14.2 Å². The molecule has 0 fully saturated rings. The van der Waals surface area contributed by atoms with E-state index in [0.29, 0.717) is 30.1 Å². The molecule has 5 nitrogen and oxygen atoms in total. The van der Waals surface area contributed by atoms with Crippen molar-refractivity contribution in [1.29, 1.82) is 0 Å². The number of hydrogen-bond donors (Lipinski definition) is 0. The average Bonchev–Trinajstić information content (AvgIpc) is 2.83. The minimum Gasteiger partial charge on any atom is -0.493 e. The molecular weight excluding hydrogens is 409 g/mol. The van der Waals surface area contributed by atoms with Crippen molar-refractivity contribution in [3.05, 3.63) is 89.2 Å². The molecule has 0 aliphatic rings. The van der Waals surface area contributed by atoms with E-state index in [1.807, 2.05) is 42.5 Å². The summed E-state index contributed by atoms with van der Waals surface area (Å²) in [7, 11) is 6.45. The molecule has 168 valence electrons. The highest BCUT2D eigenvalue weighted by Gasteiger charge is 2.24. The second kappa shape index (κ2) is 10.7. The monoisotopic (exact) mass is 437 g/mol. The van der Waals surface area contributed by atoms with Crippen LogP contribution in [0.15, 0.2) is 66.7 Å². The fourth-order valence-electron chi connectivity index (χ4n) is 3.77. The van der Waals surface area contributed by atoms with Gasteiger partial charge in [0.15, 0.2) is 11.5 Å². The molecule has 0 aliphatic carbocycles. The molecule has 0 heterocycles. The first-order valence-corrected chi connectivity index (χ1v) is 10.3. The maximum Gasteiger partial charge on any atom is 0.223 e. The van der Waals surface area contributed by atoms with Crippen LogP contribution >= 0.6 is 0 Å². The zero-order valence-electron chi connectivity index (χ0n) is 18.8. The predicted molar refractivity (Wildman–Crippen MR) is 122 cm³/mol. The Morgan fingerprint density at radius 1 is 0.875 bits per heavy atom. The van der Waals surface area contributed by atoms with Gasteiger partial charge in [-0.3, -0.25) is 4.79 Å². The lowest BCUT2D eigenvalue weighted by Crippen LogP contribution is -2.32. The Labute approximate surface area is 188 Å². The molecule has 0 unspecified atom stereocenters. The summed E-state index contributed by atoms with van der Waals surface area (Å²) in [6.45, 7) is 0. The van der Waals surface area contributed by atoms with Crippen LogP contribution in [0.4, 0.5) is 4.39 Å². The number of methoxy groups -OCH3 is 3. The zero-order valence-corrected chi connectivity index (χ0v) is 18.8. The van der Waals surface area contributed by atoms with Gasteiger partial charge in [-0.15, -0.1) is 0 Å². The van der Waals surface area contributed by atoms with Gasteiger partial charge in [-0.05, 0) is 47.4 Å². The summed E-state index contributed by atoms with van der Waals surface area (Å²) < 4.78 is 29.7. The summed E-state index contributed by atoms with van der Waals surface area (Å²) in [6.07, 6.45) is 0.796. The summed E-state index contributed by atoms with van der Waals surface area (Å²) in [5, 5.41) is 0. The van der Waals surface area contributed by atoms with Crippen molar-refractivity contribution in [2.75, 3.05) is 28.4 Å². The Morgan fingerprint density at radius 2 is 1.44 bits per heavy atom. The molecule has 0 saturated heterocycles. The molecular formula is C26H28FNO4. The van der Waals surface area contributed by atoms with Gasteiger partial charge in [-0.1, -0.05) is 42.5 Å². The molecule has 32 heavy (non-hydrogen) atoms. The maximum atomic E-state index is 13.5. The normalized spacial score (nSPS) is 11.5. The predicted octanol–water partition coefficient (Wildman–Crippen LogP) is 5.03. The number of halogens is 1. The van der Waals surface area contributed by atoms with Gasteiger partial charge in [0.25, 0.3) is 0 Å². The van der Waals surface area contributed by atoms with Gasteiger partial charge in [-0.25, -0.2) is 4.39 Å². The van der Waals surface area contributed by atoms with Crippen LogP contribution in [0.5, 0.6) is 17.2 Å². The fourth-order valence-corrected chi connectivity index (χ4v) is 3.77. The molecule has 1 atom stereocenters. The number of benzene rings is 3. The molecule has 6 heteroatoms. The number of amides is 1. The third-order valence-electron chi connectivity index (χ3n) is 5.43. The third-order valence-corrected chi connectivity index (χ3v) is 5.43. The summed E-state index contributed by atoms with van der Waals surface area (Å²) in [5.41, 5.74) is 2.71. The van der Waals surface area contributed by atoms with Gasteiger partial charge in [-0.2, -0.15) is 0 Å². The minimum absolute atomic E-state index is 0.0306. The highest BCUT2D eigenvalue weighted by atomic mass is 19.1. The van der Waals surface area contributed by atoms with E-state index in [1.54, 1.807) is 45.4 Å². The van der Waals surface area contributed by atoms with Crippen molar-refractivity contribution in [2.24, 2.45) is 0 Å². The van der Waals surface area contributed by atoms with Crippen LogP contribution in [0, 0.1) is 5.82 Å². The summed E-state index contributed by atoms with van der Waals surface area (Å²) in [5.74, 6) is 1.28. The van der Waals surface area contributed by atoms with Gasteiger partial charge in [0.05, 0.1) is 27.4 Å². The lowest BCUT2D eigenvalue weighted by atomic mass is 9.96. The first kappa shape index (κ1) is 23.1. The number of aryl methyl sites for hydroxylation is 1. The Hall–Kier alpha value is -3.54. The second-order valence-corrected chi connectivity index (χ2v) is 7.40. The standard InChI is InChI=1S/C26H28FNO4/c1-28(25(19-8-6-5-7-9-19)20-11-13-21(27)14-12-20)24(29)15-10-18-16-22(30-2)26(32-4)23(17-18)31-3/h5-9,11-14,16-17,25H,10,15H2,1-4H3/t25-/m0/s1. The highest BCUT2D eigenvalue weighted by molar-refractivity contribution is 5.77. The van der Waals surface area contributed by atoms with Crippen LogP contribution in [0.2, 0.25) is 0 Å². The number of ether oxygens (including phenoxy) is 3. The lowest BCUT2D eigenvalue weighted by Gasteiger charge is -2.29. The molecule has 0 N–H and O–H groups in total. The number of carbonyl (C=O) groups excluding carboxylic acids is 1. The van der Waals surface area contributed by atoms with Gasteiger partial charge in [0.1, 0.15) is 5.82 Å². The lowest BCUT2D eigenvalue weighted by molar-refractivity contribution is -0.131. The SMILES string of the molecule is COc1cc(CCC(=O)N(C)[C@@H](c2ccccc2)c2ccc(F)cc2)cc(OC)c1OC. The first-order valence-electron chi connectivity index (χ1n) is 10.3.